The number of phenols is 1. The third-order valence-electron chi connectivity index (χ3n) is 5.60. The van der Waals surface area contributed by atoms with Crippen LogP contribution in [0.5, 0.6) is 11.5 Å². The molecule has 0 aliphatic heterocycles. The Balaban J connectivity index is 2.36. The number of esters is 1. The average Bonchev–Trinajstić information content (AvgIpc) is 2.72. The zero-order chi connectivity index (χ0) is 22.9. The fourth-order valence-corrected chi connectivity index (χ4v) is 5.22. The number of aryl methyl sites for hydroxylation is 1. The molecule has 0 fully saturated rings. The molecule has 0 heterocycles. The van der Waals surface area contributed by atoms with Crippen LogP contribution in [0.1, 0.15) is 82.8 Å². The lowest BCUT2D eigenvalue weighted by Crippen LogP contribution is -2.11. The molecule has 0 radical (unpaired) electrons. The Morgan fingerprint density at radius 2 is 2.03 bits per heavy atom. The SMILES string of the molecule is CCCCCc1cc(O)c(C2C=C(C)CCC2)c(OP(=O)(CCC(=O)OCC)OC)c1. The van der Waals surface area contributed by atoms with Gasteiger partial charge in [0.25, 0.3) is 0 Å². The number of ether oxygens (including phenoxy) is 1. The van der Waals surface area contributed by atoms with Gasteiger partial charge >= 0.3 is 13.6 Å². The maximum atomic E-state index is 13.3. The quantitative estimate of drug-likeness (QED) is 0.168. The van der Waals surface area contributed by atoms with E-state index in [-0.39, 0.29) is 30.9 Å². The summed E-state index contributed by atoms with van der Waals surface area (Å²) < 4.78 is 29.4. The first-order valence-electron chi connectivity index (χ1n) is 11.3. The van der Waals surface area contributed by atoms with Gasteiger partial charge in [0.15, 0.2) is 0 Å². The maximum Gasteiger partial charge on any atom is 0.379 e. The number of benzene rings is 1. The standard InChI is InChI=1S/C24H37O6P/c1-5-7-8-11-19-16-21(25)24(20-12-9-10-18(3)15-20)22(17-19)30-31(27,28-4)14-13-23(26)29-6-2/h15-17,20,25H,5-14H2,1-4H3. The van der Waals surface area contributed by atoms with Crippen LogP contribution in [0.3, 0.4) is 0 Å². The molecule has 1 aromatic carbocycles. The summed E-state index contributed by atoms with van der Waals surface area (Å²) in [5.41, 5.74) is 2.85. The van der Waals surface area contributed by atoms with E-state index in [1.54, 1.807) is 13.0 Å². The topological polar surface area (TPSA) is 82.1 Å². The highest BCUT2D eigenvalue weighted by Crippen LogP contribution is 2.52. The van der Waals surface area contributed by atoms with Gasteiger partial charge in [-0.25, -0.2) is 4.57 Å². The number of carbonyl (C=O) groups is 1. The molecular weight excluding hydrogens is 415 g/mol. The zero-order valence-corrected chi connectivity index (χ0v) is 20.2. The predicted octanol–water partition coefficient (Wildman–Crippen LogP) is 6.51. The van der Waals surface area contributed by atoms with Crippen LogP contribution in [0.4, 0.5) is 0 Å². The highest BCUT2D eigenvalue weighted by atomic mass is 31.2. The second-order valence-electron chi connectivity index (χ2n) is 8.16. The number of hydrogen-bond acceptors (Lipinski definition) is 6. The summed E-state index contributed by atoms with van der Waals surface area (Å²) in [4.78, 5) is 11.8. The molecule has 2 rings (SSSR count). The van der Waals surface area contributed by atoms with Crippen LogP contribution >= 0.6 is 7.60 Å². The predicted molar refractivity (Wildman–Crippen MR) is 123 cm³/mol. The van der Waals surface area contributed by atoms with Crippen molar-refractivity contribution >= 4 is 13.6 Å². The number of allylic oxidation sites excluding steroid dienone is 2. The number of phenolic OH excluding ortho intramolecular Hbond substituents is 1. The van der Waals surface area contributed by atoms with Gasteiger partial charge in [-0.2, -0.15) is 0 Å². The van der Waals surface area contributed by atoms with Gasteiger partial charge in [-0.1, -0.05) is 31.4 Å². The van der Waals surface area contributed by atoms with E-state index in [2.05, 4.69) is 19.9 Å². The van der Waals surface area contributed by atoms with Crippen LogP contribution < -0.4 is 4.52 Å². The second-order valence-corrected chi connectivity index (χ2v) is 10.4. The molecule has 2 atom stereocenters. The average molecular weight is 453 g/mol. The van der Waals surface area contributed by atoms with Crippen molar-refractivity contribution in [3.8, 4) is 11.5 Å². The Morgan fingerprint density at radius 1 is 1.26 bits per heavy atom. The first-order valence-corrected chi connectivity index (χ1v) is 13.1. The summed E-state index contributed by atoms with van der Waals surface area (Å²) in [5, 5.41) is 10.9. The van der Waals surface area contributed by atoms with Crippen molar-refractivity contribution in [2.24, 2.45) is 0 Å². The molecule has 0 aromatic heterocycles. The lowest BCUT2D eigenvalue weighted by Gasteiger charge is -2.26. The van der Waals surface area contributed by atoms with Crippen LogP contribution in [0.15, 0.2) is 23.8 Å². The molecule has 0 amide bonds. The number of aromatic hydroxyl groups is 1. The van der Waals surface area contributed by atoms with E-state index < -0.39 is 13.6 Å². The molecule has 7 heteroatoms. The molecule has 0 spiro atoms. The molecule has 1 N–H and O–H groups in total. The lowest BCUT2D eigenvalue weighted by atomic mass is 9.84. The van der Waals surface area contributed by atoms with Gasteiger partial charge in [-0.3, -0.25) is 4.79 Å². The van der Waals surface area contributed by atoms with E-state index in [1.165, 1.54) is 12.7 Å². The summed E-state index contributed by atoms with van der Waals surface area (Å²) in [6.07, 6.45) is 8.97. The van der Waals surface area contributed by atoms with Crippen molar-refractivity contribution in [3.63, 3.8) is 0 Å². The first kappa shape index (κ1) is 25.5. The van der Waals surface area contributed by atoms with Crippen molar-refractivity contribution in [2.75, 3.05) is 19.9 Å². The minimum atomic E-state index is -3.60. The molecule has 1 aliphatic carbocycles. The van der Waals surface area contributed by atoms with E-state index in [0.29, 0.717) is 11.3 Å². The summed E-state index contributed by atoms with van der Waals surface area (Å²) in [5.74, 6) is 0.0962. The third kappa shape index (κ3) is 7.69. The molecule has 31 heavy (non-hydrogen) atoms. The minimum Gasteiger partial charge on any atom is -0.507 e. The summed E-state index contributed by atoms with van der Waals surface area (Å²) >= 11 is 0. The van der Waals surface area contributed by atoms with E-state index in [9.17, 15) is 14.5 Å². The van der Waals surface area contributed by atoms with Gasteiger partial charge < -0.3 is 18.9 Å². The van der Waals surface area contributed by atoms with Gasteiger partial charge in [0, 0.05) is 18.6 Å². The monoisotopic (exact) mass is 452 g/mol. The Bertz CT molecular complexity index is 817. The molecule has 0 saturated heterocycles. The summed E-state index contributed by atoms with van der Waals surface area (Å²) in [6.45, 7) is 6.22. The van der Waals surface area contributed by atoms with E-state index in [4.69, 9.17) is 13.8 Å². The van der Waals surface area contributed by atoms with E-state index in [0.717, 1.165) is 50.5 Å². The van der Waals surface area contributed by atoms with Crippen LogP contribution in [-0.2, 0) is 25.0 Å². The van der Waals surface area contributed by atoms with Gasteiger partial charge in [0.2, 0.25) is 0 Å². The summed E-state index contributed by atoms with van der Waals surface area (Å²) in [7, 11) is -2.28. The Morgan fingerprint density at radius 3 is 2.68 bits per heavy atom. The molecule has 0 saturated carbocycles. The van der Waals surface area contributed by atoms with Gasteiger partial charge in [0.1, 0.15) is 11.5 Å². The number of carbonyl (C=O) groups excluding carboxylic acids is 1. The third-order valence-corrected chi connectivity index (χ3v) is 7.41. The molecule has 6 nitrogen and oxygen atoms in total. The fourth-order valence-electron chi connectivity index (χ4n) is 3.96. The van der Waals surface area contributed by atoms with Gasteiger partial charge in [-0.15, -0.1) is 0 Å². The molecule has 1 aromatic rings. The maximum absolute atomic E-state index is 13.3. The number of rotatable bonds is 12. The summed E-state index contributed by atoms with van der Waals surface area (Å²) in [6, 6.07) is 3.67. The van der Waals surface area contributed by atoms with Crippen molar-refractivity contribution < 1.29 is 28.3 Å². The number of hydrogen-bond donors (Lipinski definition) is 1. The fraction of sp³-hybridized carbons (Fsp3) is 0.625. The molecule has 174 valence electrons. The normalized spacial score (nSPS) is 18.2. The van der Waals surface area contributed by atoms with Gasteiger partial charge in [-0.05, 0) is 63.6 Å². The first-order chi connectivity index (χ1) is 14.8. The molecule has 1 aliphatic rings. The van der Waals surface area contributed by atoms with Crippen molar-refractivity contribution in [1.82, 2.24) is 0 Å². The van der Waals surface area contributed by atoms with Crippen LogP contribution in [0, 0.1) is 0 Å². The Kier molecular flexibility index (Phi) is 10.1. The van der Waals surface area contributed by atoms with Crippen LogP contribution in [0.2, 0.25) is 0 Å². The Hall–Kier alpha value is -1.78. The minimum absolute atomic E-state index is 0.0104. The smallest absolute Gasteiger partial charge is 0.379 e. The van der Waals surface area contributed by atoms with Crippen molar-refractivity contribution in [2.45, 2.75) is 78.1 Å². The Labute approximate surface area is 186 Å². The highest BCUT2D eigenvalue weighted by molar-refractivity contribution is 7.54. The molecule has 2 unspecified atom stereocenters. The van der Waals surface area contributed by atoms with Crippen LogP contribution in [-0.4, -0.2) is 31.0 Å². The van der Waals surface area contributed by atoms with E-state index in [1.807, 2.05) is 6.07 Å². The second kappa shape index (κ2) is 12.3. The van der Waals surface area contributed by atoms with Crippen LogP contribution in [0.25, 0.3) is 0 Å². The van der Waals surface area contributed by atoms with Crippen molar-refractivity contribution in [1.29, 1.82) is 0 Å². The van der Waals surface area contributed by atoms with E-state index >= 15 is 0 Å². The number of unbranched alkanes of at least 4 members (excludes halogenated alkanes) is 2. The molecule has 0 bridgehead atoms. The molecular formula is C24H37O6P. The van der Waals surface area contributed by atoms with Gasteiger partial charge in [0.05, 0.1) is 19.2 Å². The zero-order valence-electron chi connectivity index (χ0n) is 19.3. The lowest BCUT2D eigenvalue weighted by molar-refractivity contribution is -0.142. The van der Waals surface area contributed by atoms with Crippen molar-refractivity contribution in [3.05, 3.63) is 34.9 Å². The largest absolute Gasteiger partial charge is 0.507 e. The highest BCUT2D eigenvalue weighted by Gasteiger charge is 2.30.